The fourth-order valence-corrected chi connectivity index (χ4v) is 4.39. The van der Waals surface area contributed by atoms with Crippen molar-refractivity contribution in [3.63, 3.8) is 0 Å². The topological polar surface area (TPSA) is 58.6 Å². The van der Waals surface area contributed by atoms with Crippen molar-refractivity contribution in [3.8, 4) is 11.6 Å². The van der Waals surface area contributed by atoms with Crippen molar-refractivity contribution in [3.05, 3.63) is 76.7 Å². The standard InChI is InChI=1S/C26H27FN4O2/c1-18-9-11-19(12-10-18)33-24-21-17-31(25(32)20-7-3-4-8-22(20)27)16-13-23(21)28-26(29-24)30-14-5-2-6-15-30/h3-4,7-12H,2,5-6,13-17H2,1H3. The van der Waals surface area contributed by atoms with Crippen LogP contribution in [0.1, 0.15) is 46.4 Å². The molecule has 0 spiro atoms. The molecule has 0 saturated carbocycles. The molecule has 33 heavy (non-hydrogen) atoms. The first-order chi connectivity index (χ1) is 16.1. The molecule has 2 aliphatic rings. The molecule has 3 heterocycles. The van der Waals surface area contributed by atoms with Crippen LogP contribution in [0, 0.1) is 12.7 Å². The van der Waals surface area contributed by atoms with Crippen molar-refractivity contribution in [2.45, 2.75) is 39.2 Å². The van der Waals surface area contributed by atoms with Crippen LogP contribution in [0.3, 0.4) is 0 Å². The Kier molecular flexibility index (Phi) is 5.94. The SMILES string of the molecule is Cc1ccc(Oc2nc(N3CCCCC3)nc3c2CN(C(=O)c2ccccc2F)CC3)cc1. The molecule has 1 fully saturated rings. The third-order valence-corrected chi connectivity index (χ3v) is 6.28. The zero-order chi connectivity index (χ0) is 22.8. The molecule has 3 aromatic rings. The number of nitrogens with zero attached hydrogens (tertiary/aromatic N) is 4. The van der Waals surface area contributed by atoms with Crippen molar-refractivity contribution < 1.29 is 13.9 Å². The lowest BCUT2D eigenvalue weighted by molar-refractivity contribution is 0.0727. The van der Waals surface area contributed by atoms with Crippen molar-refractivity contribution in [2.24, 2.45) is 0 Å². The van der Waals surface area contributed by atoms with Gasteiger partial charge in [-0.3, -0.25) is 4.79 Å². The number of halogens is 1. The summed E-state index contributed by atoms with van der Waals surface area (Å²) < 4.78 is 20.5. The van der Waals surface area contributed by atoms with Gasteiger partial charge < -0.3 is 14.5 Å². The van der Waals surface area contributed by atoms with E-state index in [4.69, 9.17) is 14.7 Å². The number of piperidine rings is 1. The highest BCUT2D eigenvalue weighted by Crippen LogP contribution is 2.32. The molecule has 0 atom stereocenters. The molecule has 2 aromatic carbocycles. The van der Waals surface area contributed by atoms with Crippen LogP contribution in [-0.2, 0) is 13.0 Å². The summed E-state index contributed by atoms with van der Waals surface area (Å²) in [5.74, 6) is 0.991. The number of fused-ring (bicyclic) bond motifs is 1. The van der Waals surface area contributed by atoms with Gasteiger partial charge in [0.1, 0.15) is 11.6 Å². The number of anilines is 1. The Morgan fingerprint density at radius 3 is 2.48 bits per heavy atom. The fourth-order valence-electron chi connectivity index (χ4n) is 4.39. The smallest absolute Gasteiger partial charge is 0.257 e. The third kappa shape index (κ3) is 4.53. The van der Waals surface area contributed by atoms with Gasteiger partial charge in [0.2, 0.25) is 11.8 Å². The molecule has 170 valence electrons. The molecule has 0 N–H and O–H groups in total. The molecular formula is C26H27FN4O2. The average Bonchev–Trinajstić information content (AvgIpc) is 2.85. The van der Waals surface area contributed by atoms with E-state index in [9.17, 15) is 9.18 Å². The second-order valence-electron chi connectivity index (χ2n) is 8.67. The van der Waals surface area contributed by atoms with Crippen molar-refractivity contribution in [2.75, 3.05) is 24.5 Å². The van der Waals surface area contributed by atoms with Gasteiger partial charge in [-0.2, -0.15) is 4.98 Å². The highest BCUT2D eigenvalue weighted by atomic mass is 19.1. The lowest BCUT2D eigenvalue weighted by atomic mass is 10.0. The molecule has 0 radical (unpaired) electrons. The summed E-state index contributed by atoms with van der Waals surface area (Å²) in [7, 11) is 0. The average molecular weight is 447 g/mol. The second kappa shape index (κ2) is 9.17. The van der Waals surface area contributed by atoms with Gasteiger partial charge in [-0.1, -0.05) is 29.8 Å². The van der Waals surface area contributed by atoms with E-state index in [-0.39, 0.29) is 18.0 Å². The molecule has 1 saturated heterocycles. The number of hydrogen-bond donors (Lipinski definition) is 0. The minimum atomic E-state index is -0.513. The molecule has 0 unspecified atom stereocenters. The Labute approximate surface area is 193 Å². The van der Waals surface area contributed by atoms with Crippen LogP contribution in [0.25, 0.3) is 0 Å². The summed E-state index contributed by atoms with van der Waals surface area (Å²) in [5, 5.41) is 0. The molecule has 6 nitrogen and oxygen atoms in total. The van der Waals surface area contributed by atoms with Crippen LogP contribution >= 0.6 is 0 Å². The minimum Gasteiger partial charge on any atom is -0.438 e. The Bertz CT molecular complexity index is 1160. The number of amides is 1. The normalized spacial score (nSPS) is 15.8. The molecular weight excluding hydrogens is 419 g/mol. The molecule has 7 heteroatoms. The number of hydrogen-bond acceptors (Lipinski definition) is 5. The number of ether oxygens (including phenoxy) is 1. The lowest BCUT2D eigenvalue weighted by Crippen LogP contribution is -2.38. The summed E-state index contributed by atoms with van der Waals surface area (Å²) in [6, 6.07) is 13.9. The largest absolute Gasteiger partial charge is 0.438 e. The number of aromatic nitrogens is 2. The first-order valence-electron chi connectivity index (χ1n) is 11.5. The van der Waals surface area contributed by atoms with E-state index in [0.717, 1.165) is 42.8 Å². The molecule has 5 rings (SSSR count). The molecule has 1 aromatic heterocycles. The molecule has 2 aliphatic heterocycles. The maximum Gasteiger partial charge on any atom is 0.257 e. The first-order valence-corrected chi connectivity index (χ1v) is 11.5. The summed E-state index contributed by atoms with van der Waals surface area (Å²) in [4.78, 5) is 26.6. The van der Waals surface area contributed by atoms with E-state index in [2.05, 4.69) is 4.90 Å². The van der Waals surface area contributed by atoms with Crippen LogP contribution in [0.15, 0.2) is 48.5 Å². The number of carbonyl (C=O) groups is 1. The Morgan fingerprint density at radius 2 is 1.73 bits per heavy atom. The van der Waals surface area contributed by atoms with Gasteiger partial charge in [-0.25, -0.2) is 9.37 Å². The molecule has 0 aliphatic carbocycles. The predicted octanol–water partition coefficient (Wildman–Crippen LogP) is 4.91. The summed E-state index contributed by atoms with van der Waals surface area (Å²) >= 11 is 0. The van der Waals surface area contributed by atoms with Crippen LogP contribution in [0.5, 0.6) is 11.6 Å². The lowest BCUT2D eigenvalue weighted by Gasteiger charge is -2.32. The molecule has 0 bridgehead atoms. The molecule has 1 amide bonds. The van der Waals surface area contributed by atoms with E-state index in [0.29, 0.717) is 30.5 Å². The van der Waals surface area contributed by atoms with Gasteiger partial charge in [0.05, 0.1) is 23.4 Å². The van der Waals surface area contributed by atoms with Crippen LogP contribution in [0.4, 0.5) is 10.3 Å². The van der Waals surface area contributed by atoms with Crippen LogP contribution in [-0.4, -0.2) is 40.4 Å². The fraction of sp³-hybridized carbons (Fsp3) is 0.346. The highest BCUT2D eigenvalue weighted by molar-refractivity contribution is 5.94. The highest BCUT2D eigenvalue weighted by Gasteiger charge is 2.29. The zero-order valence-electron chi connectivity index (χ0n) is 18.8. The van der Waals surface area contributed by atoms with Crippen molar-refractivity contribution >= 4 is 11.9 Å². The minimum absolute atomic E-state index is 0.0767. The summed E-state index contributed by atoms with van der Waals surface area (Å²) in [6.07, 6.45) is 4.05. The van der Waals surface area contributed by atoms with Gasteiger partial charge in [0.15, 0.2) is 0 Å². The van der Waals surface area contributed by atoms with Crippen molar-refractivity contribution in [1.82, 2.24) is 14.9 Å². The monoisotopic (exact) mass is 446 g/mol. The predicted molar refractivity (Wildman–Crippen MR) is 124 cm³/mol. The number of aryl methyl sites for hydroxylation is 1. The van der Waals surface area contributed by atoms with Gasteiger partial charge in [0, 0.05) is 26.1 Å². The Balaban J connectivity index is 1.49. The Hall–Kier alpha value is -3.48. The second-order valence-corrected chi connectivity index (χ2v) is 8.67. The maximum absolute atomic E-state index is 14.2. The van der Waals surface area contributed by atoms with Gasteiger partial charge in [0.25, 0.3) is 5.91 Å². The third-order valence-electron chi connectivity index (χ3n) is 6.28. The number of rotatable bonds is 4. The Morgan fingerprint density at radius 1 is 0.970 bits per heavy atom. The van der Waals surface area contributed by atoms with E-state index in [1.54, 1.807) is 17.0 Å². The van der Waals surface area contributed by atoms with Gasteiger partial charge in [-0.05, 0) is 50.5 Å². The van der Waals surface area contributed by atoms with E-state index >= 15 is 0 Å². The van der Waals surface area contributed by atoms with E-state index in [1.807, 2.05) is 31.2 Å². The number of carbonyl (C=O) groups excluding carboxylic acids is 1. The quantitative estimate of drug-likeness (QED) is 0.570. The summed E-state index contributed by atoms with van der Waals surface area (Å²) in [6.45, 7) is 4.64. The zero-order valence-corrected chi connectivity index (χ0v) is 18.8. The van der Waals surface area contributed by atoms with Crippen LogP contribution in [0.2, 0.25) is 0 Å². The maximum atomic E-state index is 14.2. The summed E-state index contributed by atoms with van der Waals surface area (Å²) in [5.41, 5.74) is 2.90. The number of benzene rings is 2. The van der Waals surface area contributed by atoms with Gasteiger partial charge >= 0.3 is 0 Å². The first kappa shape index (κ1) is 21.4. The van der Waals surface area contributed by atoms with E-state index < -0.39 is 5.82 Å². The van der Waals surface area contributed by atoms with Crippen LogP contribution < -0.4 is 9.64 Å². The van der Waals surface area contributed by atoms with E-state index in [1.165, 1.54) is 18.6 Å². The van der Waals surface area contributed by atoms with Crippen molar-refractivity contribution in [1.29, 1.82) is 0 Å². The van der Waals surface area contributed by atoms with Gasteiger partial charge in [-0.15, -0.1) is 0 Å².